The molecule has 0 spiro atoms. The van der Waals surface area contributed by atoms with E-state index >= 15 is 0 Å². The van der Waals surface area contributed by atoms with Crippen LogP contribution in [0.5, 0.6) is 5.75 Å². The number of ether oxygens (including phenoxy) is 2. The number of rotatable bonds is 8. The van der Waals surface area contributed by atoms with Crippen molar-refractivity contribution in [1.29, 1.82) is 0 Å². The number of amides is 1. The summed E-state index contributed by atoms with van der Waals surface area (Å²) in [4.78, 5) is 33.3. The van der Waals surface area contributed by atoms with E-state index in [0.29, 0.717) is 47.2 Å². The third kappa shape index (κ3) is 5.58. The first-order valence-corrected chi connectivity index (χ1v) is 14.0. The molecule has 2 aromatic heterocycles. The Bertz CT molecular complexity index is 1480. The van der Waals surface area contributed by atoms with Crippen molar-refractivity contribution in [2.75, 3.05) is 12.4 Å². The van der Waals surface area contributed by atoms with Gasteiger partial charge in [-0.15, -0.1) is 11.3 Å². The SMILES string of the molecule is CCOc1ccc(-n2c(SCC(=O)NCc3ccccc3)nc3sc4c(c3c2=O)CC(C)(C)OC4)cc1. The van der Waals surface area contributed by atoms with Gasteiger partial charge in [0, 0.05) is 17.8 Å². The van der Waals surface area contributed by atoms with Crippen LogP contribution in [0.3, 0.4) is 0 Å². The van der Waals surface area contributed by atoms with Crippen LogP contribution in [-0.2, 0) is 29.1 Å². The van der Waals surface area contributed by atoms with Gasteiger partial charge < -0.3 is 14.8 Å². The van der Waals surface area contributed by atoms with Crippen LogP contribution in [0, 0.1) is 0 Å². The molecule has 1 amide bonds. The summed E-state index contributed by atoms with van der Waals surface area (Å²) in [6.45, 7) is 7.48. The molecule has 9 heteroatoms. The first-order valence-electron chi connectivity index (χ1n) is 12.2. The van der Waals surface area contributed by atoms with Gasteiger partial charge in [0.1, 0.15) is 10.6 Å². The number of nitrogens with one attached hydrogen (secondary N) is 1. The minimum absolute atomic E-state index is 0.123. The van der Waals surface area contributed by atoms with Gasteiger partial charge in [0.05, 0.1) is 35.6 Å². The Balaban J connectivity index is 1.49. The largest absolute Gasteiger partial charge is 0.494 e. The van der Waals surface area contributed by atoms with Crippen LogP contribution in [0.15, 0.2) is 64.5 Å². The van der Waals surface area contributed by atoms with E-state index in [1.807, 2.05) is 75.4 Å². The summed E-state index contributed by atoms with van der Waals surface area (Å²) < 4.78 is 13.2. The Morgan fingerprint density at radius 2 is 1.95 bits per heavy atom. The molecule has 3 heterocycles. The quantitative estimate of drug-likeness (QED) is 0.250. The number of carbonyl (C=O) groups excluding carboxylic acids is 1. The lowest BCUT2D eigenvalue weighted by Crippen LogP contribution is -2.32. The molecule has 4 aromatic rings. The summed E-state index contributed by atoms with van der Waals surface area (Å²) in [6.07, 6.45) is 0.650. The zero-order valence-corrected chi connectivity index (χ0v) is 22.7. The topological polar surface area (TPSA) is 82.5 Å². The lowest BCUT2D eigenvalue weighted by molar-refractivity contribution is -0.118. The predicted octanol–water partition coefficient (Wildman–Crippen LogP) is 5.11. The summed E-state index contributed by atoms with van der Waals surface area (Å²) in [6, 6.07) is 17.2. The van der Waals surface area contributed by atoms with Gasteiger partial charge in [-0.3, -0.25) is 14.2 Å². The molecule has 0 aliphatic carbocycles. The highest BCUT2D eigenvalue weighted by molar-refractivity contribution is 7.99. The normalized spacial score (nSPS) is 14.4. The van der Waals surface area contributed by atoms with Crippen molar-refractivity contribution in [2.24, 2.45) is 0 Å². The molecule has 5 rings (SSSR count). The number of aromatic nitrogens is 2. The summed E-state index contributed by atoms with van der Waals surface area (Å²) in [5.74, 6) is 0.750. The average Bonchev–Trinajstić information content (AvgIpc) is 3.24. The van der Waals surface area contributed by atoms with Crippen LogP contribution in [0.1, 0.15) is 36.8 Å². The molecule has 0 fully saturated rings. The van der Waals surface area contributed by atoms with Gasteiger partial charge in [0.2, 0.25) is 5.91 Å². The highest BCUT2D eigenvalue weighted by Crippen LogP contribution is 2.38. The summed E-state index contributed by atoms with van der Waals surface area (Å²) >= 11 is 2.76. The molecular formula is C28H29N3O4S2. The van der Waals surface area contributed by atoms with Crippen LogP contribution in [-0.4, -0.2) is 33.4 Å². The third-order valence-electron chi connectivity index (χ3n) is 6.14. The van der Waals surface area contributed by atoms with Crippen molar-refractivity contribution < 1.29 is 14.3 Å². The van der Waals surface area contributed by atoms with Gasteiger partial charge >= 0.3 is 0 Å². The molecule has 0 radical (unpaired) electrons. The smallest absolute Gasteiger partial charge is 0.267 e. The molecule has 37 heavy (non-hydrogen) atoms. The monoisotopic (exact) mass is 535 g/mol. The molecule has 7 nitrogen and oxygen atoms in total. The Kier molecular flexibility index (Phi) is 7.37. The van der Waals surface area contributed by atoms with Crippen LogP contribution >= 0.6 is 23.1 Å². The molecule has 0 saturated carbocycles. The highest BCUT2D eigenvalue weighted by Gasteiger charge is 2.31. The van der Waals surface area contributed by atoms with E-state index in [9.17, 15) is 9.59 Å². The van der Waals surface area contributed by atoms with Gasteiger partial charge in [-0.25, -0.2) is 4.98 Å². The van der Waals surface area contributed by atoms with E-state index in [-0.39, 0.29) is 22.8 Å². The summed E-state index contributed by atoms with van der Waals surface area (Å²) in [5, 5.41) is 4.07. The van der Waals surface area contributed by atoms with Gasteiger partial charge in [-0.05, 0) is 56.2 Å². The van der Waals surface area contributed by atoms with E-state index in [1.165, 1.54) is 23.1 Å². The number of hydrogen-bond acceptors (Lipinski definition) is 7. The van der Waals surface area contributed by atoms with Gasteiger partial charge in [-0.2, -0.15) is 0 Å². The number of benzene rings is 2. The standard InChI is InChI=1S/C28H29N3O4S2/c1-4-34-20-12-10-19(11-13-20)31-26(33)24-21-14-28(2,3)35-16-22(21)37-25(24)30-27(31)36-17-23(32)29-15-18-8-6-5-7-9-18/h5-13H,4,14-17H2,1-3H3,(H,29,32). The molecule has 2 aromatic carbocycles. The van der Waals surface area contributed by atoms with Crippen molar-refractivity contribution in [1.82, 2.24) is 14.9 Å². The van der Waals surface area contributed by atoms with E-state index in [2.05, 4.69) is 5.32 Å². The Labute approximate surface area is 223 Å². The number of thiophene rings is 1. The van der Waals surface area contributed by atoms with Crippen molar-refractivity contribution in [3.63, 3.8) is 0 Å². The predicted molar refractivity (Wildman–Crippen MR) is 148 cm³/mol. The zero-order valence-electron chi connectivity index (χ0n) is 21.1. The molecule has 1 aliphatic rings. The maximum atomic E-state index is 14.0. The molecule has 0 saturated heterocycles. The molecule has 0 atom stereocenters. The van der Waals surface area contributed by atoms with Gasteiger partial charge in [-0.1, -0.05) is 42.1 Å². The second-order valence-electron chi connectivity index (χ2n) is 9.42. The van der Waals surface area contributed by atoms with Crippen LogP contribution in [0.2, 0.25) is 0 Å². The second-order valence-corrected chi connectivity index (χ2v) is 11.4. The van der Waals surface area contributed by atoms with E-state index in [1.54, 1.807) is 4.57 Å². The number of thioether (sulfide) groups is 1. The minimum Gasteiger partial charge on any atom is -0.494 e. The number of carbonyl (C=O) groups is 1. The van der Waals surface area contributed by atoms with Crippen LogP contribution in [0.25, 0.3) is 15.9 Å². The Hall–Kier alpha value is -3.14. The fourth-order valence-corrected chi connectivity index (χ4v) is 6.32. The number of fused-ring (bicyclic) bond motifs is 3. The summed E-state index contributed by atoms with van der Waals surface area (Å²) in [5.41, 5.74) is 2.26. The number of hydrogen-bond donors (Lipinski definition) is 1. The van der Waals surface area contributed by atoms with Crippen molar-refractivity contribution in [3.05, 3.63) is 81.0 Å². The van der Waals surface area contributed by atoms with E-state index < -0.39 is 0 Å². The zero-order chi connectivity index (χ0) is 26.0. The molecular weight excluding hydrogens is 506 g/mol. The molecule has 1 N–H and O–H groups in total. The molecule has 0 unspecified atom stereocenters. The first kappa shape index (κ1) is 25.5. The highest BCUT2D eigenvalue weighted by atomic mass is 32.2. The second kappa shape index (κ2) is 10.7. The lowest BCUT2D eigenvalue weighted by atomic mass is 9.94. The molecule has 192 valence electrons. The van der Waals surface area contributed by atoms with Crippen molar-refractivity contribution in [2.45, 2.75) is 51.1 Å². The van der Waals surface area contributed by atoms with E-state index in [0.717, 1.165) is 21.8 Å². The first-order chi connectivity index (χ1) is 17.8. The van der Waals surface area contributed by atoms with Crippen LogP contribution in [0.4, 0.5) is 0 Å². The van der Waals surface area contributed by atoms with Crippen molar-refractivity contribution in [3.8, 4) is 11.4 Å². The lowest BCUT2D eigenvalue weighted by Gasteiger charge is -2.29. The number of nitrogens with zero attached hydrogens (tertiary/aromatic N) is 2. The Morgan fingerprint density at radius 3 is 2.68 bits per heavy atom. The maximum Gasteiger partial charge on any atom is 0.267 e. The fraction of sp³-hybridized carbons (Fsp3) is 0.321. The van der Waals surface area contributed by atoms with Gasteiger partial charge in [0.15, 0.2) is 5.16 Å². The van der Waals surface area contributed by atoms with E-state index in [4.69, 9.17) is 14.5 Å². The van der Waals surface area contributed by atoms with Crippen molar-refractivity contribution >= 4 is 39.2 Å². The Morgan fingerprint density at radius 1 is 1.19 bits per heavy atom. The maximum absolute atomic E-state index is 14.0. The fourth-order valence-electron chi connectivity index (χ4n) is 4.33. The van der Waals surface area contributed by atoms with Crippen LogP contribution < -0.4 is 15.6 Å². The van der Waals surface area contributed by atoms with Gasteiger partial charge in [0.25, 0.3) is 5.56 Å². The molecule has 0 bridgehead atoms. The average molecular weight is 536 g/mol. The third-order valence-corrected chi connectivity index (χ3v) is 8.18. The minimum atomic E-state index is -0.346. The summed E-state index contributed by atoms with van der Waals surface area (Å²) in [7, 11) is 0. The molecule has 1 aliphatic heterocycles.